The molecular formula is C11H13FN2O. The first-order chi connectivity index (χ1) is 7.09. The van der Waals surface area contributed by atoms with E-state index in [1.807, 2.05) is 13.8 Å². The number of fused-ring (bicyclic) bond motifs is 1. The Morgan fingerprint density at radius 2 is 2.13 bits per heavy atom. The van der Waals surface area contributed by atoms with Crippen LogP contribution in [0.3, 0.4) is 0 Å². The van der Waals surface area contributed by atoms with E-state index in [0.717, 1.165) is 0 Å². The van der Waals surface area contributed by atoms with E-state index in [2.05, 4.69) is 10.6 Å². The number of amides is 1. The molecular weight excluding hydrogens is 195 g/mol. The van der Waals surface area contributed by atoms with Crippen LogP contribution in [0.25, 0.3) is 0 Å². The first-order valence-corrected chi connectivity index (χ1v) is 4.95. The average Bonchev–Trinajstić information content (AvgIpc) is 2.16. The van der Waals surface area contributed by atoms with E-state index >= 15 is 0 Å². The molecule has 1 unspecified atom stereocenters. The summed E-state index contributed by atoms with van der Waals surface area (Å²) in [6, 6.07) is 4.27. The lowest BCUT2D eigenvalue weighted by Crippen LogP contribution is -2.42. The van der Waals surface area contributed by atoms with Gasteiger partial charge in [-0.3, -0.25) is 4.79 Å². The SMILES string of the molecule is CC(C)C1Nc2c(F)cccc2NC1=O. The van der Waals surface area contributed by atoms with Gasteiger partial charge in [0.05, 0.1) is 11.4 Å². The summed E-state index contributed by atoms with van der Waals surface area (Å²) in [5, 5.41) is 5.62. The van der Waals surface area contributed by atoms with Crippen LogP contribution in [0.15, 0.2) is 18.2 Å². The third-order valence-electron chi connectivity index (χ3n) is 2.52. The van der Waals surface area contributed by atoms with E-state index < -0.39 is 0 Å². The molecule has 0 saturated carbocycles. The van der Waals surface area contributed by atoms with Gasteiger partial charge in [-0.25, -0.2) is 4.39 Å². The second-order valence-electron chi connectivity index (χ2n) is 4.02. The topological polar surface area (TPSA) is 41.1 Å². The van der Waals surface area contributed by atoms with Gasteiger partial charge in [0.15, 0.2) is 0 Å². The first-order valence-electron chi connectivity index (χ1n) is 4.95. The second kappa shape index (κ2) is 3.53. The fraction of sp³-hybridized carbons (Fsp3) is 0.364. The van der Waals surface area contributed by atoms with Crippen LogP contribution in [0.5, 0.6) is 0 Å². The van der Waals surface area contributed by atoms with Crippen LogP contribution >= 0.6 is 0 Å². The molecule has 1 aromatic carbocycles. The molecule has 0 bridgehead atoms. The van der Waals surface area contributed by atoms with Gasteiger partial charge in [0, 0.05) is 0 Å². The minimum absolute atomic E-state index is 0.108. The number of benzene rings is 1. The van der Waals surface area contributed by atoms with E-state index in [-0.39, 0.29) is 23.7 Å². The van der Waals surface area contributed by atoms with Gasteiger partial charge in [-0.2, -0.15) is 0 Å². The zero-order valence-electron chi connectivity index (χ0n) is 8.67. The Bertz CT molecular complexity index is 404. The summed E-state index contributed by atoms with van der Waals surface area (Å²) in [6.45, 7) is 3.84. The van der Waals surface area contributed by atoms with Crippen LogP contribution in [0, 0.1) is 11.7 Å². The number of carbonyl (C=O) groups is 1. The number of hydrogen-bond acceptors (Lipinski definition) is 2. The van der Waals surface area contributed by atoms with E-state index in [1.54, 1.807) is 12.1 Å². The van der Waals surface area contributed by atoms with Crippen molar-refractivity contribution in [3.05, 3.63) is 24.0 Å². The lowest BCUT2D eigenvalue weighted by Gasteiger charge is -2.29. The van der Waals surface area contributed by atoms with Gasteiger partial charge >= 0.3 is 0 Å². The molecule has 3 nitrogen and oxygen atoms in total. The smallest absolute Gasteiger partial charge is 0.247 e. The van der Waals surface area contributed by atoms with Crippen LogP contribution in [0.1, 0.15) is 13.8 Å². The average molecular weight is 208 g/mol. The predicted molar refractivity (Wildman–Crippen MR) is 57.3 cm³/mol. The largest absolute Gasteiger partial charge is 0.369 e. The van der Waals surface area contributed by atoms with Crippen LogP contribution in [-0.2, 0) is 4.79 Å². The molecule has 0 spiro atoms. The van der Waals surface area contributed by atoms with Crippen molar-refractivity contribution < 1.29 is 9.18 Å². The Balaban J connectivity index is 2.39. The molecule has 1 amide bonds. The second-order valence-corrected chi connectivity index (χ2v) is 4.02. The Hall–Kier alpha value is -1.58. The molecule has 0 saturated heterocycles. The molecule has 1 atom stereocenters. The van der Waals surface area contributed by atoms with Crippen LogP contribution < -0.4 is 10.6 Å². The molecule has 0 aliphatic carbocycles. The number of rotatable bonds is 1. The summed E-state index contributed by atoms with van der Waals surface area (Å²) < 4.78 is 13.4. The highest BCUT2D eigenvalue weighted by Crippen LogP contribution is 2.30. The summed E-state index contributed by atoms with van der Waals surface area (Å²) in [7, 11) is 0. The Labute approximate surface area is 87.7 Å². The summed E-state index contributed by atoms with van der Waals surface area (Å²) in [6.07, 6.45) is 0. The molecule has 0 fully saturated rings. The zero-order chi connectivity index (χ0) is 11.0. The van der Waals surface area contributed by atoms with Gasteiger partial charge in [0.2, 0.25) is 5.91 Å². The molecule has 80 valence electrons. The lowest BCUT2D eigenvalue weighted by atomic mass is 10.0. The van der Waals surface area contributed by atoms with E-state index in [1.165, 1.54) is 6.07 Å². The molecule has 2 rings (SSSR count). The maximum absolute atomic E-state index is 13.4. The fourth-order valence-electron chi connectivity index (χ4n) is 1.68. The first kappa shape index (κ1) is 9.96. The van der Waals surface area contributed by atoms with Crippen molar-refractivity contribution in [2.45, 2.75) is 19.9 Å². The van der Waals surface area contributed by atoms with Crippen molar-refractivity contribution in [1.82, 2.24) is 0 Å². The maximum Gasteiger partial charge on any atom is 0.247 e. The number of anilines is 2. The van der Waals surface area contributed by atoms with E-state index in [4.69, 9.17) is 0 Å². The molecule has 2 N–H and O–H groups in total. The third kappa shape index (κ3) is 1.67. The number of halogens is 1. The molecule has 15 heavy (non-hydrogen) atoms. The monoisotopic (exact) mass is 208 g/mol. The van der Waals surface area contributed by atoms with Crippen molar-refractivity contribution in [2.24, 2.45) is 5.92 Å². The highest BCUT2D eigenvalue weighted by atomic mass is 19.1. The third-order valence-corrected chi connectivity index (χ3v) is 2.52. The normalized spacial score (nSPS) is 19.5. The van der Waals surface area contributed by atoms with E-state index in [9.17, 15) is 9.18 Å². The summed E-state index contributed by atoms with van der Waals surface area (Å²) in [5.74, 6) is -0.320. The summed E-state index contributed by atoms with van der Waals surface area (Å²) >= 11 is 0. The van der Waals surface area contributed by atoms with Gasteiger partial charge in [0.25, 0.3) is 0 Å². The zero-order valence-corrected chi connectivity index (χ0v) is 8.67. The molecule has 1 aliphatic heterocycles. The van der Waals surface area contributed by atoms with Gasteiger partial charge in [0.1, 0.15) is 11.9 Å². The number of hydrogen-bond donors (Lipinski definition) is 2. The molecule has 4 heteroatoms. The quantitative estimate of drug-likeness (QED) is 0.743. The maximum atomic E-state index is 13.4. The van der Waals surface area contributed by atoms with Gasteiger partial charge in [-0.15, -0.1) is 0 Å². The Kier molecular flexibility index (Phi) is 2.34. The fourth-order valence-corrected chi connectivity index (χ4v) is 1.68. The van der Waals surface area contributed by atoms with Crippen LogP contribution in [-0.4, -0.2) is 11.9 Å². The molecule has 0 aromatic heterocycles. The van der Waals surface area contributed by atoms with E-state index in [0.29, 0.717) is 11.4 Å². The number of nitrogens with one attached hydrogen (secondary N) is 2. The molecule has 1 aliphatic rings. The highest BCUT2D eigenvalue weighted by Gasteiger charge is 2.29. The highest BCUT2D eigenvalue weighted by molar-refractivity contribution is 6.03. The van der Waals surface area contributed by atoms with Crippen LogP contribution in [0.2, 0.25) is 0 Å². The predicted octanol–water partition coefficient (Wildman–Crippen LogP) is 2.21. The van der Waals surface area contributed by atoms with Gasteiger partial charge < -0.3 is 10.6 Å². The summed E-state index contributed by atoms with van der Waals surface area (Å²) in [4.78, 5) is 11.6. The number of para-hydroxylation sites is 1. The molecule has 1 aromatic rings. The van der Waals surface area contributed by atoms with Crippen molar-refractivity contribution in [1.29, 1.82) is 0 Å². The standard InChI is InChI=1S/C11H13FN2O/c1-6(2)9-11(15)13-8-5-3-4-7(12)10(8)14-9/h3-6,9,14H,1-2H3,(H,13,15). The lowest BCUT2D eigenvalue weighted by molar-refractivity contribution is -0.117. The van der Waals surface area contributed by atoms with Crippen molar-refractivity contribution >= 4 is 17.3 Å². The van der Waals surface area contributed by atoms with Crippen molar-refractivity contribution in [3.8, 4) is 0 Å². The minimum Gasteiger partial charge on any atom is -0.369 e. The Morgan fingerprint density at radius 1 is 1.40 bits per heavy atom. The summed E-state index contributed by atoms with van der Waals surface area (Å²) in [5.41, 5.74) is 0.896. The van der Waals surface area contributed by atoms with Crippen molar-refractivity contribution in [2.75, 3.05) is 10.6 Å². The van der Waals surface area contributed by atoms with Gasteiger partial charge in [-0.05, 0) is 18.1 Å². The van der Waals surface area contributed by atoms with Crippen molar-refractivity contribution in [3.63, 3.8) is 0 Å². The van der Waals surface area contributed by atoms with Gasteiger partial charge in [-0.1, -0.05) is 19.9 Å². The Morgan fingerprint density at radius 3 is 2.80 bits per heavy atom. The number of carbonyl (C=O) groups excluding carboxylic acids is 1. The minimum atomic E-state index is -0.366. The molecule has 1 heterocycles. The van der Waals surface area contributed by atoms with Crippen LogP contribution in [0.4, 0.5) is 15.8 Å². The molecule has 0 radical (unpaired) electrons.